The molecule has 0 spiro atoms. The van der Waals surface area contributed by atoms with Crippen LogP contribution in [-0.2, 0) is 10.0 Å². The summed E-state index contributed by atoms with van der Waals surface area (Å²) in [6, 6.07) is 0.509. The minimum atomic E-state index is -3.06. The zero-order chi connectivity index (χ0) is 14.5. The molecule has 1 N–H and O–H groups in total. The van der Waals surface area contributed by atoms with Gasteiger partial charge in [-0.3, -0.25) is 0 Å². The lowest BCUT2D eigenvalue weighted by Crippen LogP contribution is -2.39. The molecule has 0 radical (unpaired) electrons. The maximum absolute atomic E-state index is 11.7. The van der Waals surface area contributed by atoms with E-state index in [-0.39, 0.29) is 5.75 Å². The van der Waals surface area contributed by atoms with Crippen LogP contribution in [0.5, 0.6) is 0 Å². The lowest BCUT2D eigenvalue weighted by Gasteiger charge is -2.31. The number of nitrogens with zero attached hydrogens (tertiary/aromatic N) is 1. The Morgan fingerprint density at radius 2 is 1.95 bits per heavy atom. The van der Waals surface area contributed by atoms with E-state index >= 15 is 0 Å². The Morgan fingerprint density at radius 1 is 1.26 bits per heavy atom. The van der Waals surface area contributed by atoms with Crippen molar-refractivity contribution >= 4 is 10.0 Å². The van der Waals surface area contributed by atoms with Crippen molar-refractivity contribution in [2.75, 3.05) is 26.4 Å². The fourth-order valence-corrected chi connectivity index (χ4v) is 3.67. The molecule has 114 valence electrons. The molecule has 2 atom stereocenters. The van der Waals surface area contributed by atoms with Gasteiger partial charge in [-0.25, -0.2) is 12.7 Å². The van der Waals surface area contributed by atoms with Gasteiger partial charge < -0.3 is 5.32 Å². The monoisotopic (exact) mass is 290 g/mol. The van der Waals surface area contributed by atoms with Crippen LogP contribution in [0.1, 0.15) is 46.0 Å². The van der Waals surface area contributed by atoms with Crippen molar-refractivity contribution in [1.29, 1.82) is 0 Å². The van der Waals surface area contributed by atoms with E-state index in [0.29, 0.717) is 12.6 Å². The molecule has 19 heavy (non-hydrogen) atoms. The minimum absolute atomic E-state index is 0.200. The Balaban J connectivity index is 2.30. The second-order valence-corrected chi connectivity index (χ2v) is 8.71. The van der Waals surface area contributed by atoms with Crippen molar-refractivity contribution in [1.82, 2.24) is 9.62 Å². The molecule has 5 heteroatoms. The SMILES string of the molecule is CC(C)CC1CCCC(NCCS(=O)(=O)N(C)C)C1. The highest BCUT2D eigenvalue weighted by Gasteiger charge is 2.23. The van der Waals surface area contributed by atoms with Crippen molar-refractivity contribution in [2.45, 2.75) is 52.0 Å². The molecule has 0 aromatic carbocycles. The van der Waals surface area contributed by atoms with Gasteiger partial charge in [-0.05, 0) is 31.1 Å². The summed E-state index contributed by atoms with van der Waals surface area (Å²) >= 11 is 0. The quantitative estimate of drug-likeness (QED) is 0.781. The van der Waals surface area contributed by atoms with Gasteiger partial charge in [-0.15, -0.1) is 0 Å². The third-order valence-corrected chi connectivity index (χ3v) is 5.77. The van der Waals surface area contributed by atoms with Crippen LogP contribution in [0.4, 0.5) is 0 Å². The predicted octanol–water partition coefficient (Wildman–Crippen LogP) is 2.07. The van der Waals surface area contributed by atoms with Gasteiger partial charge in [0.25, 0.3) is 0 Å². The Morgan fingerprint density at radius 3 is 2.53 bits per heavy atom. The van der Waals surface area contributed by atoms with Crippen molar-refractivity contribution in [3.8, 4) is 0 Å². The van der Waals surface area contributed by atoms with Crippen LogP contribution >= 0.6 is 0 Å². The molecule has 0 aromatic rings. The van der Waals surface area contributed by atoms with Gasteiger partial charge in [0.05, 0.1) is 5.75 Å². The fourth-order valence-electron chi connectivity index (χ4n) is 2.93. The van der Waals surface area contributed by atoms with Gasteiger partial charge >= 0.3 is 0 Å². The lowest BCUT2D eigenvalue weighted by molar-refractivity contribution is 0.255. The van der Waals surface area contributed by atoms with Gasteiger partial charge in [0.15, 0.2) is 0 Å². The molecule has 0 aliphatic heterocycles. The van der Waals surface area contributed by atoms with E-state index in [4.69, 9.17) is 0 Å². The number of nitrogens with one attached hydrogen (secondary N) is 1. The van der Waals surface area contributed by atoms with Crippen LogP contribution in [-0.4, -0.2) is 45.2 Å². The molecule has 1 saturated carbocycles. The van der Waals surface area contributed by atoms with Crippen LogP contribution in [0.2, 0.25) is 0 Å². The summed E-state index contributed by atoms with van der Waals surface area (Å²) in [6.07, 6.45) is 6.31. The fraction of sp³-hybridized carbons (Fsp3) is 1.00. The standard InChI is InChI=1S/C14H30N2O2S/c1-12(2)10-13-6-5-7-14(11-13)15-8-9-19(17,18)16(3)4/h12-15H,5-11H2,1-4H3. The first kappa shape index (κ1) is 16.9. The van der Waals surface area contributed by atoms with Crippen molar-refractivity contribution in [3.05, 3.63) is 0 Å². The van der Waals surface area contributed by atoms with Crippen LogP contribution in [0.15, 0.2) is 0 Å². The average Bonchev–Trinajstić information content (AvgIpc) is 2.28. The Labute approximate surface area is 119 Å². The number of hydrogen-bond donors (Lipinski definition) is 1. The number of sulfonamides is 1. The highest BCUT2D eigenvalue weighted by Crippen LogP contribution is 2.29. The average molecular weight is 290 g/mol. The Kier molecular flexibility index (Phi) is 6.77. The normalized spacial score (nSPS) is 25.2. The summed E-state index contributed by atoms with van der Waals surface area (Å²) in [5, 5.41) is 3.43. The van der Waals surface area contributed by atoms with E-state index < -0.39 is 10.0 Å². The maximum Gasteiger partial charge on any atom is 0.214 e. The summed E-state index contributed by atoms with van der Waals surface area (Å²) in [4.78, 5) is 0. The zero-order valence-corrected chi connectivity index (χ0v) is 13.7. The molecule has 2 unspecified atom stereocenters. The Hall–Kier alpha value is -0.130. The molecule has 1 aliphatic carbocycles. The van der Waals surface area contributed by atoms with Crippen molar-refractivity contribution in [3.63, 3.8) is 0 Å². The Bertz CT molecular complexity index is 352. The first-order valence-corrected chi connectivity index (χ1v) is 9.05. The van der Waals surface area contributed by atoms with Gasteiger partial charge in [0.1, 0.15) is 0 Å². The first-order chi connectivity index (χ1) is 8.81. The van der Waals surface area contributed by atoms with Crippen LogP contribution in [0.25, 0.3) is 0 Å². The largest absolute Gasteiger partial charge is 0.313 e. The first-order valence-electron chi connectivity index (χ1n) is 7.45. The molecule has 0 saturated heterocycles. The highest BCUT2D eigenvalue weighted by atomic mass is 32.2. The van der Waals surface area contributed by atoms with Crippen LogP contribution < -0.4 is 5.32 Å². The van der Waals surface area contributed by atoms with Gasteiger partial charge in [-0.1, -0.05) is 26.7 Å². The third-order valence-electron chi connectivity index (χ3n) is 3.94. The van der Waals surface area contributed by atoms with Gasteiger partial charge in [-0.2, -0.15) is 0 Å². The molecular formula is C14H30N2O2S. The zero-order valence-electron chi connectivity index (χ0n) is 12.9. The second kappa shape index (κ2) is 7.60. The van der Waals surface area contributed by atoms with E-state index in [1.54, 1.807) is 14.1 Å². The molecule has 1 aliphatic rings. The highest BCUT2D eigenvalue weighted by molar-refractivity contribution is 7.89. The molecule has 0 amide bonds. The van der Waals surface area contributed by atoms with Crippen molar-refractivity contribution < 1.29 is 8.42 Å². The topological polar surface area (TPSA) is 49.4 Å². The lowest BCUT2D eigenvalue weighted by atomic mass is 9.81. The summed E-state index contributed by atoms with van der Waals surface area (Å²) in [6.45, 7) is 5.13. The summed E-state index contributed by atoms with van der Waals surface area (Å²) < 4.78 is 24.6. The molecule has 0 aromatic heterocycles. The predicted molar refractivity (Wildman–Crippen MR) is 80.7 cm³/mol. The minimum Gasteiger partial charge on any atom is -0.313 e. The summed E-state index contributed by atoms with van der Waals surface area (Å²) in [7, 11) is 0.123. The molecule has 0 bridgehead atoms. The van der Waals surface area contributed by atoms with Crippen LogP contribution in [0, 0.1) is 11.8 Å². The molecule has 0 heterocycles. The molecular weight excluding hydrogens is 260 g/mol. The van der Waals surface area contributed by atoms with Gasteiger partial charge in [0.2, 0.25) is 10.0 Å². The van der Waals surface area contributed by atoms with E-state index in [1.807, 2.05) is 0 Å². The second-order valence-electron chi connectivity index (χ2n) is 6.41. The van der Waals surface area contributed by atoms with E-state index in [2.05, 4.69) is 19.2 Å². The van der Waals surface area contributed by atoms with E-state index in [1.165, 1.54) is 36.4 Å². The summed E-state index contributed by atoms with van der Waals surface area (Å²) in [5.41, 5.74) is 0. The number of rotatable bonds is 7. The third kappa shape index (κ3) is 6.23. The van der Waals surface area contributed by atoms with E-state index in [0.717, 1.165) is 11.8 Å². The van der Waals surface area contributed by atoms with Gasteiger partial charge in [0, 0.05) is 26.7 Å². The van der Waals surface area contributed by atoms with E-state index in [9.17, 15) is 8.42 Å². The molecule has 1 rings (SSSR count). The molecule has 1 fully saturated rings. The van der Waals surface area contributed by atoms with Crippen LogP contribution in [0.3, 0.4) is 0 Å². The number of hydrogen-bond acceptors (Lipinski definition) is 3. The summed E-state index contributed by atoms with van der Waals surface area (Å²) in [5.74, 6) is 1.78. The molecule has 4 nitrogen and oxygen atoms in total. The maximum atomic E-state index is 11.7. The van der Waals surface area contributed by atoms with Crippen molar-refractivity contribution in [2.24, 2.45) is 11.8 Å². The smallest absolute Gasteiger partial charge is 0.214 e.